The number of carboxylic acid groups (broad SMARTS) is 2. The van der Waals surface area contributed by atoms with Crippen molar-refractivity contribution in [2.24, 2.45) is 0 Å². The highest BCUT2D eigenvalue weighted by atomic mass is 16.4. The zero-order valence-corrected chi connectivity index (χ0v) is 39.6. The van der Waals surface area contributed by atoms with Gasteiger partial charge >= 0.3 is 11.9 Å². The van der Waals surface area contributed by atoms with Gasteiger partial charge in [0.1, 0.15) is 24.2 Å². The first kappa shape index (κ1) is 58.9. The minimum Gasteiger partial charge on any atom is -0.481 e. The van der Waals surface area contributed by atoms with Crippen LogP contribution in [0.2, 0.25) is 0 Å². The standard InChI is InChI=1S/C38H52N10O14.2C3H8/c1-21(43-29(51)17-39-27(49)11-13-33(55)56)37(61)47-15-3-5-25(47)35(59)41-19-31(53)45-23-7-9-24(10-8-23)46-32(54)20-42-36(60)26-6-4-16-48(26)38(62)22(2)44-30(52)18-40-28(50)12-14-34(57)58;2*1-3-2/h7-10,21-22,25-26H,3-6,11-20H2,1-2H3,(H,39,49)(H,40,50)(H,41,59)(H,42,60)(H,43,51)(H,44,52)(H,45,53)(H,46,54)(H,55,56)(H,57,58);2*3H2,1-2H3. The molecule has 2 fully saturated rings. The number of anilines is 2. The van der Waals surface area contributed by atoms with Crippen molar-refractivity contribution in [3.05, 3.63) is 24.3 Å². The van der Waals surface area contributed by atoms with E-state index in [9.17, 15) is 57.5 Å². The summed E-state index contributed by atoms with van der Waals surface area (Å²) in [6.45, 7) is 9.99. The molecule has 68 heavy (non-hydrogen) atoms. The van der Waals surface area contributed by atoms with E-state index in [0.717, 1.165) is 0 Å². The molecule has 2 saturated heterocycles. The summed E-state index contributed by atoms with van der Waals surface area (Å²) in [7, 11) is 0. The van der Waals surface area contributed by atoms with Gasteiger partial charge in [0, 0.05) is 37.3 Å². The second-order valence-electron chi connectivity index (χ2n) is 15.8. The van der Waals surface area contributed by atoms with Gasteiger partial charge in [-0.05, 0) is 63.8 Å². The second-order valence-corrected chi connectivity index (χ2v) is 15.8. The number of carbonyl (C=O) groups excluding carboxylic acids is 10. The van der Waals surface area contributed by atoms with E-state index in [4.69, 9.17) is 10.2 Å². The minimum absolute atomic E-state index is 0.235. The molecular formula is C44H68N10O14. The number of amides is 10. The van der Waals surface area contributed by atoms with Crippen LogP contribution in [0.15, 0.2) is 24.3 Å². The van der Waals surface area contributed by atoms with Crippen molar-refractivity contribution in [3.63, 3.8) is 0 Å². The molecule has 378 valence electrons. The van der Waals surface area contributed by atoms with Crippen LogP contribution in [0.3, 0.4) is 0 Å². The first-order valence-electron chi connectivity index (χ1n) is 22.6. The molecule has 0 aliphatic carbocycles. The third-order valence-electron chi connectivity index (χ3n) is 9.50. The van der Waals surface area contributed by atoms with Gasteiger partial charge in [-0.1, -0.05) is 40.5 Å². The van der Waals surface area contributed by atoms with Crippen molar-refractivity contribution in [1.29, 1.82) is 0 Å². The van der Waals surface area contributed by atoms with Gasteiger partial charge in [-0.15, -0.1) is 0 Å². The maximum atomic E-state index is 13.1. The molecule has 1 aromatic carbocycles. The van der Waals surface area contributed by atoms with Gasteiger partial charge in [0.2, 0.25) is 59.1 Å². The summed E-state index contributed by atoms with van der Waals surface area (Å²) in [5, 5.41) is 36.9. The highest BCUT2D eigenvalue weighted by molar-refractivity contribution is 5.99. The Morgan fingerprint density at radius 1 is 0.500 bits per heavy atom. The van der Waals surface area contributed by atoms with Crippen LogP contribution in [0.5, 0.6) is 0 Å². The topological polar surface area (TPSA) is 348 Å². The van der Waals surface area contributed by atoms with Crippen LogP contribution in [0.25, 0.3) is 0 Å². The SMILES string of the molecule is CC(NC(=O)CNC(=O)CCC(=O)O)C(=O)N1CCCC1C(=O)NCC(=O)Nc1ccc(NC(=O)CNC(=O)C2CCCN2C(=O)C(C)NC(=O)CNC(=O)CCC(=O)O)cc1.CCC.CCC. The number of nitrogens with zero attached hydrogens (tertiary/aromatic N) is 2. The Balaban J connectivity index is 0.00000365. The Kier molecular flexibility index (Phi) is 27.5. The van der Waals surface area contributed by atoms with Gasteiger partial charge in [-0.25, -0.2) is 0 Å². The first-order valence-corrected chi connectivity index (χ1v) is 22.6. The summed E-state index contributed by atoms with van der Waals surface area (Å²) in [6.07, 6.45) is 2.71. The number of carboxylic acids is 2. The van der Waals surface area contributed by atoms with Crippen LogP contribution in [-0.4, -0.2) is 154 Å². The Hall–Kier alpha value is -7.14. The smallest absolute Gasteiger partial charge is 0.303 e. The largest absolute Gasteiger partial charge is 0.481 e. The number of hydrogen-bond acceptors (Lipinski definition) is 12. The number of hydrogen-bond donors (Lipinski definition) is 10. The van der Waals surface area contributed by atoms with Crippen LogP contribution in [-0.2, 0) is 57.5 Å². The van der Waals surface area contributed by atoms with Gasteiger partial charge in [0.05, 0.1) is 39.0 Å². The first-order chi connectivity index (χ1) is 32.2. The molecule has 2 aliphatic heterocycles. The molecule has 10 N–H and O–H groups in total. The number of benzene rings is 1. The summed E-state index contributed by atoms with van der Waals surface area (Å²) in [4.78, 5) is 149. The van der Waals surface area contributed by atoms with Gasteiger partial charge in [-0.3, -0.25) is 57.5 Å². The molecule has 0 bridgehead atoms. The molecule has 10 amide bonds. The van der Waals surface area contributed by atoms with Crippen LogP contribution < -0.4 is 42.5 Å². The van der Waals surface area contributed by atoms with Crippen LogP contribution in [0.4, 0.5) is 11.4 Å². The van der Waals surface area contributed by atoms with Crippen LogP contribution >= 0.6 is 0 Å². The molecule has 24 heteroatoms. The predicted molar refractivity (Wildman–Crippen MR) is 246 cm³/mol. The molecule has 0 radical (unpaired) electrons. The summed E-state index contributed by atoms with van der Waals surface area (Å²) >= 11 is 0. The van der Waals surface area contributed by atoms with Gasteiger partial charge in [0.25, 0.3) is 0 Å². The zero-order chi connectivity index (χ0) is 51.3. The van der Waals surface area contributed by atoms with Crippen molar-refractivity contribution in [1.82, 2.24) is 41.7 Å². The number of aliphatic carboxylic acids is 2. The molecule has 1 aromatic rings. The zero-order valence-electron chi connectivity index (χ0n) is 39.6. The average molecular weight is 961 g/mol. The van der Waals surface area contributed by atoms with E-state index in [1.807, 2.05) is 0 Å². The molecule has 2 aliphatic rings. The fourth-order valence-corrected chi connectivity index (χ4v) is 6.41. The van der Waals surface area contributed by atoms with Crippen molar-refractivity contribution in [3.8, 4) is 0 Å². The molecule has 4 unspecified atom stereocenters. The van der Waals surface area contributed by atoms with Crippen LogP contribution in [0.1, 0.15) is 106 Å². The lowest BCUT2D eigenvalue weighted by Crippen LogP contribution is -2.54. The van der Waals surface area contributed by atoms with Crippen molar-refractivity contribution in [2.75, 3.05) is 49.9 Å². The van der Waals surface area contributed by atoms with E-state index >= 15 is 0 Å². The van der Waals surface area contributed by atoms with E-state index in [1.54, 1.807) is 0 Å². The maximum Gasteiger partial charge on any atom is 0.303 e. The number of likely N-dealkylation sites (tertiary alicyclic amines) is 2. The number of carbonyl (C=O) groups is 12. The van der Waals surface area contributed by atoms with Crippen LogP contribution in [0, 0.1) is 0 Å². The molecule has 0 spiro atoms. The molecular weight excluding hydrogens is 893 g/mol. The van der Waals surface area contributed by atoms with E-state index in [-0.39, 0.29) is 25.9 Å². The third kappa shape index (κ3) is 22.9. The minimum atomic E-state index is -1.17. The molecule has 0 saturated carbocycles. The lowest BCUT2D eigenvalue weighted by atomic mass is 10.2. The maximum absolute atomic E-state index is 13.1. The lowest BCUT2D eigenvalue weighted by molar-refractivity contribution is -0.141. The summed E-state index contributed by atoms with van der Waals surface area (Å²) in [6, 6.07) is 2.06. The van der Waals surface area contributed by atoms with Gasteiger partial charge < -0.3 is 62.5 Å². The van der Waals surface area contributed by atoms with E-state index in [1.165, 1.54) is 60.8 Å². The molecule has 3 rings (SSSR count). The van der Waals surface area contributed by atoms with E-state index < -0.39 is 134 Å². The Morgan fingerprint density at radius 3 is 1.12 bits per heavy atom. The number of nitrogens with one attached hydrogen (secondary N) is 8. The molecule has 24 nitrogen and oxygen atoms in total. The van der Waals surface area contributed by atoms with Crippen molar-refractivity contribution < 1.29 is 67.7 Å². The summed E-state index contributed by atoms with van der Waals surface area (Å²) in [5.41, 5.74) is 0.653. The fourth-order valence-electron chi connectivity index (χ4n) is 6.41. The van der Waals surface area contributed by atoms with Crippen molar-refractivity contribution >= 4 is 82.4 Å². The Bertz CT molecular complexity index is 1790. The average Bonchev–Trinajstić information content (AvgIpc) is 3.99. The number of rotatable bonds is 22. The molecule has 4 atom stereocenters. The second kappa shape index (κ2) is 31.7. The highest BCUT2D eigenvalue weighted by Crippen LogP contribution is 2.20. The fraction of sp³-hybridized carbons (Fsp3) is 0.591. The van der Waals surface area contributed by atoms with E-state index in [2.05, 4.69) is 70.2 Å². The van der Waals surface area contributed by atoms with Crippen molar-refractivity contribution in [2.45, 2.75) is 130 Å². The lowest BCUT2D eigenvalue weighted by Gasteiger charge is -2.27. The molecule has 0 aromatic heterocycles. The molecule has 2 heterocycles. The Morgan fingerprint density at radius 2 is 0.809 bits per heavy atom. The monoisotopic (exact) mass is 960 g/mol. The highest BCUT2D eigenvalue weighted by Gasteiger charge is 2.38. The quantitative estimate of drug-likeness (QED) is 0.0706. The summed E-state index contributed by atoms with van der Waals surface area (Å²) < 4.78 is 0. The van der Waals surface area contributed by atoms with Gasteiger partial charge in [0.15, 0.2) is 0 Å². The van der Waals surface area contributed by atoms with Gasteiger partial charge in [-0.2, -0.15) is 0 Å². The summed E-state index contributed by atoms with van der Waals surface area (Å²) in [5.74, 6) is -8.42. The predicted octanol–water partition coefficient (Wildman–Crippen LogP) is -0.418. The normalized spacial score (nSPS) is 15.5. The Labute approximate surface area is 395 Å². The van der Waals surface area contributed by atoms with E-state index in [0.29, 0.717) is 37.1 Å². The third-order valence-corrected chi connectivity index (χ3v) is 9.50.